The minimum absolute atomic E-state index is 0.242. The first kappa shape index (κ1) is 15.7. The number of carbonyl (C=O) groups is 1. The lowest BCUT2D eigenvalue weighted by atomic mass is 10.0. The Morgan fingerprint density at radius 2 is 2.00 bits per heavy atom. The van der Waals surface area contributed by atoms with Crippen LogP contribution in [0.3, 0.4) is 0 Å². The van der Waals surface area contributed by atoms with Gasteiger partial charge in [0.25, 0.3) is 0 Å². The van der Waals surface area contributed by atoms with E-state index in [2.05, 4.69) is 0 Å². The number of hydrogen-bond donors (Lipinski definition) is 0. The quantitative estimate of drug-likeness (QED) is 0.623. The van der Waals surface area contributed by atoms with Crippen molar-refractivity contribution >= 4 is 5.78 Å². The lowest BCUT2D eigenvalue weighted by Crippen LogP contribution is -1.99. The molecule has 0 aliphatic heterocycles. The molecule has 0 saturated heterocycles. The largest absolute Gasteiger partial charge is 0.491 e. The van der Waals surface area contributed by atoms with Crippen molar-refractivity contribution in [3.05, 3.63) is 29.6 Å². The molecule has 0 radical (unpaired) electrons. The van der Waals surface area contributed by atoms with Crippen molar-refractivity contribution in [2.45, 2.75) is 52.4 Å². The van der Waals surface area contributed by atoms with Crippen molar-refractivity contribution in [2.24, 2.45) is 0 Å². The second-order valence-electron chi connectivity index (χ2n) is 4.62. The molecule has 1 aromatic carbocycles. The van der Waals surface area contributed by atoms with Gasteiger partial charge in [0.05, 0.1) is 6.61 Å². The van der Waals surface area contributed by atoms with Crippen molar-refractivity contribution in [3.63, 3.8) is 0 Å². The molecule has 0 atom stereocenters. The van der Waals surface area contributed by atoms with Gasteiger partial charge in [-0.05, 0) is 37.8 Å². The van der Waals surface area contributed by atoms with Gasteiger partial charge < -0.3 is 4.74 Å². The van der Waals surface area contributed by atoms with Gasteiger partial charge in [-0.2, -0.15) is 0 Å². The third-order valence-corrected chi connectivity index (χ3v) is 3.14. The van der Waals surface area contributed by atoms with Crippen LogP contribution in [0.2, 0.25) is 0 Å². The Balaban J connectivity index is 2.37. The van der Waals surface area contributed by atoms with E-state index in [9.17, 15) is 9.18 Å². The number of aryl methyl sites for hydroxylation is 1. The first-order chi connectivity index (χ1) is 9.19. The first-order valence-corrected chi connectivity index (χ1v) is 7.10. The second-order valence-corrected chi connectivity index (χ2v) is 4.62. The fraction of sp³-hybridized carbons (Fsp3) is 0.562. The van der Waals surface area contributed by atoms with Crippen LogP contribution in [0.5, 0.6) is 5.75 Å². The molecule has 0 spiro atoms. The van der Waals surface area contributed by atoms with E-state index in [-0.39, 0.29) is 5.82 Å². The molecule has 106 valence electrons. The summed E-state index contributed by atoms with van der Waals surface area (Å²) in [6.07, 6.45) is 4.74. The van der Waals surface area contributed by atoms with Crippen LogP contribution in [0.25, 0.3) is 0 Å². The normalized spacial score (nSPS) is 10.5. The lowest BCUT2D eigenvalue weighted by molar-refractivity contribution is -0.118. The molecule has 0 N–H and O–H groups in total. The van der Waals surface area contributed by atoms with Crippen LogP contribution in [0.1, 0.15) is 51.5 Å². The lowest BCUT2D eigenvalue weighted by Gasteiger charge is -2.08. The predicted molar refractivity (Wildman–Crippen MR) is 75.0 cm³/mol. The molecule has 3 heteroatoms. The van der Waals surface area contributed by atoms with Gasteiger partial charge in [0, 0.05) is 12.8 Å². The first-order valence-electron chi connectivity index (χ1n) is 7.10. The summed E-state index contributed by atoms with van der Waals surface area (Å²) in [6.45, 7) is 4.20. The Hall–Kier alpha value is -1.38. The number of hydrogen-bond acceptors (Lipinski definition) is 2. The smallest absolute Gasteiger partial charge is 0.168 e. The van der Waals surface area contributed by atoms with Crippen molar-refractivity contribution in [1.82, 2.24) is 0 Å². The summed E-state index contributed by atoms with van der Waals surface area (Å²) in [5.41, 5.74) is 0.702. The molecular weight excluding hydrogens is 243 g/mol. The zero-order valence-corrected chi connectivity index (χ0v) is 11.9. The summed E-state index contributed by atoms with van der Waals surface area (Å²) in [5.74, 6) is 0.402. The van der Waals surface area contributed by atoms with E-state index in [1.165, 1.54) is 0 Å². The van der Waals surface area contributed by atoms with Gasteiger partial charge in [0.2, 0.25) is 0 Å². The number of benzene rings is 1. The molecule has 1 rings (SSSR count). The van der Waals surface area contributed by atoms with Crippen LogP contribution < -0.4 is 4.74 Å². The number of carbonyl (C=O) groups excluding carboxylic acids is 1. The van der Waals surface area contributed by atoms with E-state index in [4.69, 9.17) is 4.74 Å². The van der Waals surface area contributed by atoms with Crippen LogP contribution in [-0.2, 0) is 11.2 Å². The number of rotatable bonds is 9. The predicted octanol–water partition coefficient (Wildman–Crippen LogP) is 4.31. The maximum Gasteiger partial charge on any atom is 0.168 e. The highest BCUT2D eigenvalue weighted by atomic mass is 19.1. The van der Waals surface area contributed by atoms with E-state index in [0.29, 0.717) is 43.0 Å². The van der Waals surface area contributed by atoms with E-state index in [1.54, 1.807) is 12.1 Å². The molecule has 1 aromatic rings. The minimum Gasteiger partial charge on any atom is -0.491 e. The van der Waals surface area contributed by atoms with Crippen LogP contribution in [-0.4, -0.2) is 12.4 Å². The highest BCUT2D eigenvalue weighted by Crippen LogP contribution is 2.22. The molecule has 0 aliphatic rings. The number of ketones is 1. The van der Waals surface area contributed by atoms with E-state index in [1.807, 2.05) is 19.9 Å². The highest BCUT2D eigenvalue weighted by Gasteiger charge is 2.08. The molecule has 2 nitrogen and oxygen atoms in total. The summed E-state index contributed by atoms with van der Waals surface area (Å²) in [6, 6.07) is 5.28. The average molecular weight is 266 g/mol. The van der Waals surface area contributed by atoms with E-state index >= 15 is 0 Å². The van der Waals surface area contributed by atoms with Gasteiger partial charge in [-0.1, -0.05) is 25.5 Å². The third kappa shape index (κ3) is 5.41. The standard InChI is InChI=1S/C16H23FO2/c1-3-14(18)11-7-5-6-9-13-10-8-12-15(16(13)17)19-4-2/h8,10,12H,3-7,9,11H2,1-2H3. The molecule has 0 aromatic heterocycles. The van der Waals surface area contributed by atoms with Gasteiger partial charge in [0.1, 0.15) is 5.78 Å². The molecule has 0 fully saturated rings. The summed E-state index contributed by atoms with van der Waals surface area (Å²) in [7, 11) is 0. The van der Waals surface area contributed by atoms with Crippen molar-refractivity contribution in [1.29, 1.82) is 0 Å². The molecule has 0 saturated carbocycles. The van der Waals surface area contributed by atoms with Gasteiger partial charge in [-0.25, -0.2) is 4.39 Å². The topological polar surface area (TPSA) is 26.3 Å². The van der Waals surface area contributed by atoms with E-state index < -0.39 is 0 Å². The average Bonchev–Trinajstić information content (AvgIpc) is 2.42. The molecular formula is C16H23FO2. The van der Waals surface area contributed by atoms with Crippen LogP contribution in [0.4, 0.5) is 4.39 Å². The number of halogens is 1. The van der Waals surface area contributed by atoms with Gasteiger partial charge in [-0.3, -0.25) is 4.79 Å². The molecule has 0 heterocycles. The van der Waals surface area contributed by atoms with Crippen molar-refractivity contribution < 1.29 is 13.9 Å². The van der Waals surface area contributed by atoms with Gasteiger partial charge in [-0.15, -0.1) is 0 Å². The van der Waals surface area contributed by atoms with Gasteiger partial charge in [0.15, 0.2) is 11.6 Å². The summed E-state index contributed by atoms with van der Waals surface area (Å²) < 4.78 is 19.2. The maximum atomic E-state index is 14.0. The van der Waals surface area contributed by atoms with Crippen LogP contribution in [0, 0.1) is 5.82 Å². The fourth-order valence-corrected chi connectivity index (χ4v) is 2.01. The summed E-state index contributed by atoms with van der Waals surface area (Å²) in [4.78, 5) is 11.1. The SMILES string of the molecule is CCOc1cccc(CCCCCC(=O)CC)c1F. The van der Waals surface area contributed by atoms with Crippen molar-refractivity contribution in [2.75, 3.05) is 6.61 Å². The number of ether oxygens (including phenoxy) is 1. The Kier molecular flexibility index (Phi) is 7.16. The van der Waals surface area contributed by atoms with Crippen molar-refractivity contribution in [3.8, 4) is 5.75 Å². The second kappa shape index (κ2) is 8.68. The monoisotopic (exact) mass is 266 g/mol. The number of Topliss-reactive ketones (excluding diaryl/α,β-unsaturated/α-hetero) is 1. The summed E-state index contributed by atoms with van der Waals surface area (Å²) >= 11 is 0. The Morgan fingerprint density at radius 1 is 1.21 bits per heavy atom. The molecule has 0 amide bonds. The van der Waals surface area contributed by atoms with Crippen LogP contribution >= 0.6 is 0 Å². The molecule has 19 heavy (non-hydrogen) atoms. The molecule has 0 unspecified atom stereocenters. The highest BCUT2D eigenvalue weighted by molar-refractivity contribution is 5.77. The molecule has 0 bridgehead atoms. The Morgan fingerprint density at radius 3 is 2.68 bits per heavy atom. The van der Waals surface area contributed by atoms with E-state index in [0.717, 1.165) is 19.3 Å². The Bertz CT molecular complexity index is 402. The van der Waals surface area contributed by atoms with Gasteiger partial charge >= 0.3 is 0 Å². The van der Waals surface area contributed by atoms with Crippen LogP contribution in [0.15, 0.2) is 18.2 Å². The molecule has 0 aliphatic carbocycles. The summed E-state index contributed by atoms with van der Waals surface area (Å²) in [5, 5.41) is 0. The third-order valence-electron chi connectivity index (χ3n) is 3.14. The maximum absolute atomic E-state index is 14.0. The zero-order valence-electron chi connectivity index (χ0n) is 11.9. The zero-order chi connectivity index (χ0) is 14.1. The number of unbranched alkanes of at least 4 members (excludes halogenated alkanes) is 2. The minimum atomic E-state index is -0.242. The fourth-order valence-electron chi connectivity index (χ4n) is 2.01. The Labute approximate surface area is 115 Å².